The van der Waals surface area contributed by atoms with Gasteiger partial charge in [0.1, 0.15) is 6.61 Å². The van der Waals surface area contributed by atoms with Gasteiger partial charge in [0, 0.05) is 18.0 Å². The maximum Gasteiger partial charge on any atom is 0.407 e. The van der Waals surface area contributed by atoms with Crippen LogP contribution in [0.2, 0.25) is 0 Å². The quantitative estimate of drug-likeness (QED) is 0.500. The second-order valence-corrected chi connectivity index (χ2v) is 4.77. The topological polar surface area (TPSA) is 128 Å². The van der Waals surface area contributed by atoms with Crippen molar-refractivity contribution in [2.75, 3.05) is 13.1 Å². The summed E-state index contributed by atoms with van der Waals surface area (Å²) in [5.41, 5.74) is 9.34. The summed E-state index contributed by atoms with van der Waals surface area (Å²) in [5.74, 6) is 0. The van der Waals surface area contributed by atoms with Crippen molar-refractivity contribution < 1.29 is 19.4 Å². The van der Waals surface area contributed by atoms with Gasteiger partial charge in [0.05, 0.1) is 12.1 Å². The van der Waals surface area contributed by atoms with Crippen molar-refractivity contribution in [1.29, 1.82) is 0 Å². The standard InChI is InChI=1S/C13H15N5O4/c14-17-16-11-7-18(13(20)21)6-10(11)15-12(19)22-8-9-4-2-1-3-5-9/h1-5,10-11H,6-8H2,(H,15,19)(H,20,21)/t10-,11+/m0/s1. The lowest BCUT2D eigenvalue weighted by Gasteiger charge is -2.15. The summed E-state index contributed by atoms with van der Waals surface area (Å²) in [5, 5.41) is 15.0. The summed E-state index contributed by atoms with van der Waals surface area (Å²) < 4.78 is 5.06. The molecule has 0 radical (unpaired) electrons. The lowest BCUT2D eigenvalue weighted by Crippen LogP contribution is -2.42. The van der Waals surface area contributed by atoms with Crippen LogP contribution < -0.4 is 5.32 Å². The number of carbonyl (C=O) groups is 2. The second-order valence-electron chi connectivity index (χ2n) is 4.77. The van der Waals surface area contributed by atoms with E-state index in [0.29, 0.717) is 0 Å². The molecule has 0 aliphatic carbocycles. The van der Waals surface area contributed by atoms with Crippen LogP contribution in [-0.4, -0.2) is 47.4 Å². The van der Waals surface area contributed by atoms with Gasteiger partial charge >= 0.3 is 12.2 Å². The van der Waals surface area contributed by atoms with Crippen LogP contribution in [0, 0.1) is 0 Å². The fourth-order valence-electron chi connectivity index (χ4n) is 2.18. The lowest BCUT2D eigenvalue weighted by atomic mass is 10.2. The van der Waals surface area contributed by atoms with Crippen LogP contribution in [0.25, 0.3) is 10.4 Å². The van der Waals surface area contributed by atoms with Gasteiger partial charge in [0.2, 0.25) is 0 Å². The Balaban J connectivity index is 1.89. The molecule has 1 saturated heterocycles. The zero-order valence-corrected chi connectivity index (χ0v) is 11.6. The third-order valence-electron chi connectivity index (χ3n) is 3.28. The SMILES string of the molecule is [N-]=[N+]=N[C@@H]1CN(C(=O)O)C[C@@H]1NC(=O)OCc1ccccc1. The molecule has 2 rings (SSSR count). The highest BCUT2D eigenvalue weighted by Crippen LogP contribution is 2.14. The van der Waals surface area contributed by atoms with E-state index >= 15 is 0 Å². The van der Waals surface area contributed by atoms with Gasteiger partial charge in [-0.15, -0.1) is 0 Å². The van der Waals surface area contributed by atoms with Crippen LogP contribution >= 0.6 is 0 Å². The smallest absolute Gasteiger partial charge is 0.407 e. The van der Waals surface area contributed by atoms with Crippen LogP contribution in [0.5, 0.6) is 0 Å². The Morgan fingerprint density at radius 3 is 2.77 bits per heavy atom. The van der Waals surface area contributed by atoms with Gasteiger partial charge < -0.3 is 20.1 Å². The molecule has 1 fully saturated rings. The molecule has 9 heteroatoms. The van der Waals surface area contributed by atoms with E-state index in [1.165, 1.54) is 0 Å². The van der Waals surface area contributed by atoms with Crippen molar-refractivity contribution in [2.45, 2.75) is 18.7 Å². The predicted molar refractivity (Wildman–Crippen MR) is 76.1 cm³/mol. The molecule has 0 saturated carbocycles. The first-order valence-corrected chi connectivity index (χ1v) is 6.59. The average Bonchev–Trinajstić information content (AvgIpc) is 2.90. The summed E-state index contributed by atoms with van der Waals surface area (Å²) in [6.45, 7) is 0.205. The molecule has 22 heavy (non-hydrogen) atoms. The minimum Gasteiger partial charge on any atom is -0.465 e. The van der Waals surface area contributed by atoms with E-state index in [0.717, 1.165) is 10.5 Å². The average molecular weight is 305 g/mol. The molecule has 1 aromatic rings. The van der Waals surface area contributed by atoms with E-state index in [-0.39, 0.29) is 19.7 Å². The number of benzene rings is 1. The number of likely N-dealkylation sites (tertiary alicyclic amines) is 1. The van der Waals surface area contributed by atoms with Crippen molar-refractivity contribution in [3.8, 4) is 0 Å². The Labute approximate surface area is 126 Å². The Morgan fingerprint density at radius 2 is 2.14 bits per heavy atom. The number of nitrogens with zero attached hydrogens (tertiary/aromatic N) is 4. The van der Waals surface area contributed by atoms with Gasteiger partial charge in [0.25, 0.3) is 0 Å². The number of ether oxygens (including phenoxy) is 1. The maximum absolute atomic E-state index is 11.8. The van der Waals surface area contributed by atoms with E-state index < -0.39 is 24.3 Å². The summed E-state index contributed by atoms with van der Waals surface area (Å²) in [6, 6.07) is 7.90. The van der Waals surface area contributed by atoms with E-state index in [4.69, 9.17) is 15.4 Å². The molecule has 0 unspecified atom stereocenters. The first-order chi connectivity index (χ1) is 10.6. The van der Waals surface area contributed by atoms with Gasteiger partial charge in [-0.3, -0.25) is 0 Å². The van der Waals surface area contributed by atoms with Crippen molar-refractivity contribution in [2.24, 2.45) is 5.11 Å². The van der Waals surface area contributed by atoms with E-state index in [1.807, 2.05) is 30.3 Å². The molecule has 2 atom stereocenters. The number of hydrogen-bond donors (Lipinski definition) is 2. The number of hydrogen-bond acceptors (Lipinski definition) is 4. The molecule has 2 amide bonds. The van der Waals surface area contributed by atoms with Crippen LogP contribution in [0.4, 0.5) is 9.59 Å². The summed E-state index contributed by atoms with van der Waals surface area (Å²) in [7, 11) is 0. The molecular weight excluding hydrogens is 290 g/mol. The normalized spacial score (nSPS) is 20.1. The minimum atomic E-state index is -1.12. The first-order valence-electron chi connectivity index (χ1n) is 6.59. The Kier molecular flexibility index (Phi) is 5.05. The molecule has 116 valence electrons. The number of nitrogens with one attached hydrogen (secondary N) is 1. The van der Waals surface area contributed by atoms with Crippen LogP contribution in [0.3, 0.4) is 0 Å². The van der Waals surface area contributed by atoms with Crippen molar-refractivity contribution in [3.05, 3.63) is 46.3 Å². The van der Waals surface area contributed by atoms with Crippen LogP contribution in [-0.2, 0) is 11.3 Å². The monoisotopic (exact) mass is 305 g/mol. The Hall–Kier alpha value is -2.93. The molecular formula is C13H15N5O4. The zero-order valence-electron chi connectivity index (χ0n) is 11.6. The Bertz CT molecular complexity index is 587. The van der Waals surface area contributed by atoms with Crippen LogP contribution in [0.15, 0.2) is 35.4 Å². The van der Waals surface area contributed by atoms with E-state index in [2.05, 4.69) is 15.3 Å². The van der Waals surface area contributed by atoms with Gasteiger partial charge in [0.15, 0.2) is 0 Å². The van der Waals surface area contributed by atoms with Gasteiger partial charge in [-0.25, -0.2) is 9.59 Å². The molecule has 1 aliphatic rings. The number of azide groups is 1. The highest BCUT2D eigenvalue weighted by Gasteiger charge is 2.35. The van der Waals surface area contributed by atoms with E-state index in [9.17, 15) is 9.59 Å². The van der Waals surface area contributed by atoms with Crippen molar-refractivity contribution in [1.82, 2.24) is 10.2 Å². The van der Waals surface area contributed by atoms with Crippen molar-refractivity contribution in [3.63, 3.8) is 0 Å². The maximum atomic E-state index is 11.8. The van der Waals surface area contributed by atoms with E-state index in [1.54, 1.807) is 0 Å². The lowest BCUT2D eigenvalue weighted by molar-refractivity contribution is 0.133. The summed E-state index contributed by atoms with van der Waals surface area (Å²) >= 11 is 0. The number of alkyl carbamates (subject to hydrolysis) is 1. The molecule has 0 spiro atoms. The number of rotatable bonds is 4. The molecule has 1 aliphatic heterocycles. The van der Waals surface area contributed by atoms with Crippen molar-refractivity contribution >= 4 is 12.2 Å². The third-order valence-corrected chi connectivity index (χ3v) is 3.28. The third kappa shape index (κ3) is 4.03. The van der Waals surface area contributed by atoms with Crippen LogP contribution in [0.1, 0.15) is 5.56 Å². The minimum absolute atomic E-state index is 0.0447. The molecule has 0 aromatic heterocycles. The summed E-state index contributed by atoms with van der Waals surface area (Å²) in [6.07, 6.45) is -1.81. The fraction of sp³-hybridized carbons (Fsp3) is 0.385. The highest BCUT2D eigenvalue weighted by atomic mass is 16.5. The molecule has 1 heterocycles. The zero-order chi connectivity index (χ0) is 15.9. The largest absolute Gasteiger partial charge is 0.465 e. The summed E-state index contributed by atoms with van der Waals surface area (Å²) in [4.78, 5) is 26.5. The molecule has 2 N–H and O–H groups in total. The first kappa shape index (κ1) is 15.5. The number of carbonyl (C=O) groups excluding carboxylic acids is 1. The van der Waals surface area contributed by atoms with Gasteiger partial charge in [-0.2, -0.15) is 0 Å². The fourth-order valence-corrected chi connectivity index (χ4v) is 2.18. The second kappa shape index (κ2) is 7.19. The Morgan fingerprint density at radius 1 is 1.41 bits per heavy atom. The molecule has 1 aromatic carbocycles. The van der Waals surface area contributed by atoms with Gasteiger partial charge in [-0.05, 0) is 11.1 Å². The molecule has 9 nitrogen and oxygen atoms in total. The number of amides is 2. The highest BCUT2D eigenvalue weighted by molar-refractivity contribution is 5.69. The molecule has 0 bridgehead atoms. The number of carboxylic acid groups (broad SMARTS) is 1. The predicted octanol–water partition coefficient (Wildman–Crippen LogP) is 1.95. The van der Waals surface area contributed by atoms with Gasteiger partial charge in [-0.1, -0.05) is 35.4 Å².